The predicted octanol–water partition coefficient (Wildman–Crippen LogP) is 5.83. The average molecular weight is 594 g/mol. The Kier molecular flexibility index (Phi) is 13.4. The number of nitrogens with one attached hydrogen (secondary N) is 3. The smallest absolute Gasteiger partial charge is 0.348 e. The minimum absolute atomic E-state index is 0.0992. The summed E-state index contributed by atoms with van der Waals surface area (Å²) in [6.45, 7) is 6.11. The molecular formula is C33H44N3O5P. The van der Waals surface area contributed by atoms with Gasteiger partial charge in [-0.05, 0) is 35.4 Å². The van der Waals surface area contributed by atoms with Gasteiger partial charge < -0.3 is 19.7 Å². The fraction of sp³-hybridized carbons (Fsp3) is 0.394. The maximum absolute atomic E-state index is 14.5. The van der Waals surface area contributed by atoms with Crippen molar-refractivity contribution in [3.63, 3.8) is 0 Å². The van der Waals surface area contributed by atoms with Crippen LogP contribution >= 0.6 is 7.60 Å². The zero-order valence-corrected chi connectivity index (χ0v) is 25.9. The maximum Gasteiger partial charge on any atom is 0.348 e. The highest BCUT2D eigenvalue weighted by molar-refractivity contribution is 7.54. The Morgan fingerprint density at radius 3 is 1.64 bits per heavy atom. The number of rotatable bonds is 17. The topological polar surface area (TPSA) is 106 Å². The summed E-state index contributed by atoms with van der Waals surface area (Å²) in [6.07, 6.45) is 1.20. The predicted molar refractivity (Wildman–Crippen MR) is 167 cm³/mol. The Bertz CT molecular complexity index is 1230. The van der Waals surface area contributed by atoms with E-state index in [1.165, 1.54) is 0 Å². The number of hydrogen-bond acceptors (Lipinski definition) is 6. The molecule has 0 aliphatic heterocycles. The monoisotopic (exact) mass is 593 g/mol. The van der Waals surface area contributed by atoms with E-state index in [1.54, 1.807) is 7.05 Å². The lowest BCUT2D eigenvalue weighted by Gasteiger charge is -2.31. The summed E-state index contributed by atoms with van der Waals surface area (Å²) in [4.78, 5) is 26.5. The summed E-state index contributed by atoms with van der Waals surface area (Å²) < 4.78 is 26.6. The van der Waals surface area contributed by atoms with Gasteiger partial charge >= 0.3 is 7.60 Å². The van der Waals surface area contributed by atoms with Gasteiger partial charge in [0.2, 0.25) is 11.8 Å². The lowest BCUT2D eigenvalue weighted by molar-refractivity contribution is -0.130. The van der Waals surface area contributed by atoms with Crippen molar-refractivity contribution in [1.82, 2.24) is 16.0 Å². The van der Waals surface area contributed by atoms with Crippen LogP contribution in [0.5, 0.6) is 0 Å². The lowest BCUT2D eigenvalue weighted by atomic mass is 10.0. The highest BCUT2D eigenvalue weighted by Gasteiger charge is 2.38. The van der Waals surface area contributed by atoms with Crippen molar-refractivity contribution in [3.8, 4) is 0 Å². The third-order valence-corrected chi connectivity index (χ3v) is 9.11. The quantitative estimate of drug-likeness (QED) is 0.170. The molecule has 0 heterocycles. The second-order valence-corrected chi connectivity index (χ2v) is 12.9. The van der Waals surface area contributed by atoms with Crippen LogP contribution in [0.1, 0.15) is 50.3 Å². The van der Waals surface area contributed by atoms with Gasteiger partial charge in [-0.15, -0.1) is 0 Å². The summed E-state index contributed by atoms with van der Waals surface area (Å²) in [6, 6.07) is 27.0. The van der Waals surface area contributed by atoms with Gasteiger partial charge in [-0.25, -0.2) is 0 Å². The fourth-order valence-corrected chi connectivity index (χ4v) is 6.49. The number of likely N-dealkylation sites (N-methyl/N-ethyl adjacent to an activating group) is 1. The maximum atomic E-state index is 14.5. The van der Waals surface area contributed by atoms with E-state index in [9.17, 15) is 14.2 Å². The Labute approximate surface area is 250 Å². The van der Waals surface area contributed by atoms with Crippen molar-refractivity contribution in [2.45, 2.75) is 71.1 Å². The standard InChI is InChI=1S/C33H44N3O5P/c1-5-31(42(39,40-23-27-17-11-7-12-18-27)41-24-28-19-13-8-14-20-28)35-29(21-25(2)3)33(38)36-30(32(37)34-4)22-26-15-9-6-10-16-26/h6-20,25,29-31,35H,5,21-24H2,1-4H3,(H,34,37)(H,36,38)/t29-,30+,31+/m1/s1. The summed E-state index contributed by atoms with van der Waals surface area (Å²) in [5.74, 6) is -1.24. The van der Waals surface area contributed by atoms with Crippen molar-refractivity contribution in [2.75, 3.05) is 7.05 Å². The molecule has 3 aromatic rings. The van der Waals surface area contributed by atoms with Crippen LogP contribution in [0.25, 0.3) is 0 Å². The van der Waals surface area contributed by atoms with Crippen LogP contribution in [-0.4, -0.2) is 36.7 Å². The van der Waals surface area contributed by atoms with Crippen LogP contribution in [0, 0.1) is 5.92 Å². The van der Waals surface area contributed by atoms with E-state index in [0.29, 0.717) is 19.3 Å². The SMILES string of the molecule is CC[C@@H](N[C@H](CC(C)C)C(=O)N[C@@H](Cc1ccccc1)C(=O)NC)P(=O)(OCc1ccccc1)OCc1ccccc1. The molecule has 3 atom stereocenters. The highest BCUT2D eigenvalue weighted by atomic mass is 31.2. The van der Waals surface area contributed by atoms with Crippen molar-refractivity contribution in [1.29, 1.82) is 0 Å². The molecule has 3 aromatic carbocycles. The van der Waals surface area contributed by atoms with Crippen LogP contribution < -0.4 is 16.0 Å². The molecule has 9 heteroatoms. The number of hydrogen-bond donors (Lipinski definition) is 3. The van der Waals surface area contributed by atoms with Gasteiger partial charge in [-0.3, -0.25) is 19.5 Å². The fourth-order valence-electron chi connectivity index (χ4n) is 4.59. The molecule has 3 rings (SSSR count). The van der Waals surface area contributed by atoms with Gasteiger partial charge in [0.05, 0.1) is 19.3 Å². The number of amides is 2. The molecule has 0 fully saturated rings. The van der Waals surface area contributed by atoms with E-state index in [1.807, 2.05) is 112 Å². The van der Waals surface area contributed by atoms with Crippen molar-refractivity contribution in [2.24, 2.45) is 5.92 Å². The van der Waals surface area contributed by atoms with Gasteiger partial charge in [0.25, 0.3) is 0 Å². The molecule has 0 radical (unpaired) electrons. The van der Waals surface area contributed by atoms with E-state index in [-0.39, 0.29) is 30.9 Å². The first kappa shape index (κ1) is 33.2. The van der Waals surface area contributed by atoms with Gasteiger partial charge in [-0.1, -0.05) is 112 Å². The van der Waals surface area contributed by atoms with Crippen LogP contribution in [-0.2, 0) is 42.8 Å². The molecule has 0 aromatic heterocycles. The number of carbonyl (C=O) groups is 2. The van der Waals surface area contributed by atoms with E-state index in [2.05, 4.69) is 16.0 Å². The zero-order valence-electron chi connectivity index (χ0n) is 25.0. The molecule has 0 aliphatic carbocycles. The molecule has 0 aliphatic rings. The van der Waals surface area contributed by atoms with E-state index in [4.69, 9.17) is 9.05 Å². The van der Waals surface area contributed by atoms with Crippen LogP contribution in [0.3, 0.4) is 0 Å². The van der Waals surface area contributed by atoms with Crippen LogP contribution in [0.15, 0.2) is 91.0 Å². The lowest BCUT2D eigenvalue weighted by Crippen LogP contribution is -2.55. The summed E-state index contributed by atoms with van der Waals surface area (Å²) in [7, 11) is -2.23. The Morgan fingerprint density at radius 1 is 0.738 bits per heavy atom. The molecule has 0 saturated carbocycles. The average Bonchev–Trinajstić information content (AvgIpc) is 3.01. The minimum atomic E-state index is -3.78. The number of benzene rings is 3. The molecule has 0 bridgehead atoms. The van der Waals surface area contributed by atoms with E-state index < -0.39 is 25.5 Å². The molecule has 8 nitrogen and oxygen atoms in total. The molecule has 0 spiro atoms. The van der Waals surface area contributed by atoms with Crippen LogP contribution in [0.4, 0.5) is 0 Å². The molecule has 226 valence electrons. The first-order valence-electron chi connectivity index (χ1n) is 14.5. The van der Waals surface area contributed by atoms with Crippen LogP contribution in [0.2, 0.25) is 0 Å². The second kappa shape index (κ2) is 17.0. The van der Waals surface area contributed by atoms with Gasteiger partial charge in [0.1, 0.15) is 11.8 Å². The second-order valence-electron chi connectivity index (χ2n) is 10.7. The van der Waals surface area contributed by atoms with Crippen molar-refractivity contribution in [3.05, 3.63) is 108 Å². The van der Waals surface area contributed by atoms with E-state index in [0.717, 1.165) is 16.7 Å². The normalized spacial score (nSPS) is 13.7. The summed E-state index contributed by atoms with van der Waals surface area (Å²) >= 11 is 0. The third-order valence-electron chi connectivity index (χ3n) is 6.86. The highest BCUT2D eigenvalue weighted by Crippen LogP contribution is 2.54. The Morgan fingerprint density at radius 2 is 1.21 bits per heavy atom. The largest absolute Gasteiger partial charge is 0.357 e. The zero-order chi connectivity index (χ0) is 30.4. The third kappa shape index (κ3) is 10.5. The Balaban J connectivity index is 1.83. The van der Waals surface area contributed by atoms with Gasteiger partial charge in [0, 0.05) is 13.5 Å². The van der Waals surface area contributed by atoms with Crippen molar-refractivity contribution >= 4 is 19.4 Å². The molecule has 0 saturated heterocycles. The summed E-state index contributed by atoms with van der Waals surface area (Å²) in [5.41, 5.74) is 2.66. The Hall–Kier alpha value is -3.29. The molecule has 2 amide bonds. The first-order chi connectivity index (χ1) is 20.2. The molecule has 0 unspecified atom stereocenters. The summed E-state index contributed by atoms with van der Waals surface area (Å²) in [5, 5.41) is 8.90. The van der Waals surface area contributed by atoms with Gasteiger partial charge in [-0.2, -0.15) is 0 Å². The first-order valence-corrected chi connectivity index (χ1v) is 16.1. The van der Waals surface area contributed by atoms with E-state index >= 15 is 0 Å². The number of carbonyl (C=O) groups excluding carboxylic acids is 2. The molecule has 3 N–H and O–H groups in total. The van der Waals surface area contributed by atoms with Crippen molar-refractivity contribution < 1.29 is 23.2 Å². The molecule has 42 heavy (non-hydrogen) atoms. The molecular weight excluding hydrogens is 549 g/mol. The van der Waals surface area contributed by atoms with Gasteiger partial charge in [0.15, 0.2) is 0 Å². The minimum Gasteiger partial charge on any atom is -0.357 e.